The molecule has 0 saturated carbocycles. The van der Waals surface area contributed by atoms with E-state index in [0.717, 1.165) is 53.3 Å². The number of piperidine rings is 1. The Hall–Kier alpha value is -3.17. The fourth-order valence-electron chi connectivity index (χ4n) is 5.54. The molecule has 9 heteroatoms. The Kier molecular flexibility index (Phi) is 6.74. The summed E-state index contributed by atoms with van der Waals surface area (Å²) < 4.78 is 6.37. The minimum Gasteiger partial charge on any atom is -0.468 e. The van der Waals surface area contributed by atoms with Crippen LogP contribution in [0.3, 0.4) is 0 Å². The van der Waals surface area contributed by atoms with E-state index in [0.29, 0.717) is 34.0 Å². The normalized spacial score (nSPS) is 17.7. The molecule has 38 heavy (non-hydrogen) atoms. The van der Waals surface area contributed by atoms with Crippen LogP contribution in [0.2, 0.25) is 0 Å². The number of thioether (sulfide) groups is 1. The van der Waals surface area contributed by atoms with Gasteiger partial charge in [-0.1, -0.05) is 31.4 Å². The molecule has 1 saturated heterocycles. The summed E-state index contributed by atoms with van der Waals surface area (Å²) in [6.45, 7) is 10.7. The molecule has 1 atom stereocenters. The smallest absolute Gasteiger partial charge is 0.237 e. The van der Waals surface area contributed by atoms with Crippen LogP contribution in [0.4, 0.5) is 23.1 Å². The van der Waals surface area contributed by atoms with Gasteiger partial charge in [-0.2, -0.15) is 9.97 Å². The number of fused-ring (bicyclic) bond motifs is 2. The fraction of sp³-hybridized carbons (Fsp3) is 0.379. The molecule has 0 spiro atoms. The lowest BCUT2D eigenvalue weighted by molar-refractivity contribution is 0.254. The molecule has 3 N–H and O–H groups in total. The van der Waals surface area contributed by atoms with Crippen molar-refractivity contribution in [1.82, 2.24) is 20.3 Å². The van der Waals surface area contributed by atoms with Crippen molar-refractivity contribution < 1.29 is 4.74 Å². The Bertz CT molecular complexity index is 1480. The first-order valence-corrected chi connectivity index (χ1v) is 14.3. The van der Waals surface area contributed by atoms with Crippen LogP contribution in [0.25, 0.3) is 11.0 Å². The number of rotatable bonds is 6. The van der Waals surface area contributed by atoms with E-state index in [1.165, 1.54) is 11.1 Å². The van der Waals surface area contributed by atoms with Gasteiger partial charge in [-0.05, 0) is 87.3 Å². The molecule has 0 bridgehead atoms. The molecule has 194 valence electrons. The molecule has 2 radical (unpaired) electrons. The van der Waals surface area contributed by atoms with Gasteiger partial charge in [0.15, 0.2) is 6.23 Å². The third-order valence-electron chi connectivity index (χ3n) is 7.32. The zero-order valence-corrected chi connectivity index (χ0v) is 23.2. The molecule has 2 aromatic carbocycles. The van der Waals surface area contributed by atoms with Crippen LogP contribution in [0.1, 0.15) is 50.7 Å². The molecule has 7 nitrogen and oxygen atoms in total. The Morgan fingerprint density at radius 3 is 2.74 bits per heavy atom. The number of hydrogen-bond donors (Lipinski definition) is 3. The highest BCUT2D eigenvalue weighted by Gasteiger charge is 2.33. The van der Waals surface area contributed by atoms with Gasteiger partial charge in [0.25, 0.3) is 0 Å². The average Bonchev–Trinajstić information content (AvgIpc) is 3.43. The summed E-state index contributed by atoms with van der Waals surface area (Å²) in [6.07, 6.45) is 3.84. The van der Waals surface area contributed by atoms with Gasteiger partial charge in [-0.15, -0.1) is 11.8 Å². The standard InChI is InChI=1S/C29H33BN6OS/c1-16(2)38-25-8-6-5-7-22(25)33-28-26-21(30)15-32-27(26)34-29(35-28)36-18(4)37-24-14-20(17(3)13-23(24)36)19-9-11-31-12-10-19/h5-8,13-16,18-19,31H,9-12H2,1-4H3,(H2,32,33,34,35). The van der Waals surface area contributed by atoms with Gasteiger partial charge in [0.2, 0.25) is 5.95 Å². The van der Waals surface area contributed by atoms with E-state index in [-0.39, 0.29) is 6.23 Å². The van der Waals surface area contributed by atoms with Gasteiger partial charge >= 0.3 is 0 Å². The lowest BCUT2D eigenvalue weighted by Crippen LogP contribution is -2.29. The van der Waals surface area contributed by atoms with Crippen molar-refractivity contribution in [2.45, 2.75) is 62.8 Å². The van der Waals surface area contributed by atoms with Crippen molar-refractivity contribution in [2.75, 3.05) is 23.3 Å². The predicted octanol–water partition coefficient (Wildman–Crippen LogP) is 5.65. The summed E-state index contributed by atoms with van der Waals surface area (Å²) in [6, 6.07) is 12.8. The third-order valence-corrected chi connectivity index (χ3v) is 8.40. The highest BCUT2D eigenvalue weighted by atomic mass is 32.2. The summed E-state index contributed by atoms with van der Waals surface area (Å²) in [5.41, 5.74) is 5.94. The van der Waals surface area contributed by atoms with Crippen molar-refractivity contribution in [1.29, 1.82) is 0 Å². The van der Waals surface area contributed by atoms with E-state index in [1.807, 2.05) is 24.8 Å². The summed E-state index contributed by atoms with van der Waals surface area (Å²) in [4.78, 5) is 16.4. The minimum absolute atomic E-state index is 0.242. The number of para-hydroxylation sites is 1. The third kappa shape index (κ3) is 4.62. The van der Waals surface area contributed by atoms with E-state index in [4.69, 9.17) is 22.6 Å². The molecule has 2 aliphatic rings. The molecule has 4 aromatic rings. The molecule has 1 fully saturated rings. The van der Waals surface area contributed by atoms with Crippen LogP contribution in [0.5, 0.6) is 5.75 Å². The van der Waals surface area contributed by atoms with E-state index in [9.17, 15) is 0 Å². The van der Waals surface area contributed by atoms with E-state index in [1.54, 1.807) is 6.20 Å². The van der Waals surface area contributed by atoms with Crippen molar-refractivity contribution >= 4 is 59.2 Å². The maximum Gasteiger partial charge on any atom is 0.237 e. The lowest BCUT2D eigenvalue weighted by Gasteiger charge is -2.25. The molecule has 6 rings (SSSR count). The van der Waals surface area contributed by atoms with E-state index in [2.05, 4.69) is 71.6 Å². The van der Waals surface area contributed by atoms with Crippen molar-refractivity contribution in [3.63, 3.8) is 0 Å². The van der Waals surface area contributed by atoms with Gasteiger partial charge in [0.1, 0.15) is 25.1 Å². The SMILES string of the molecule is [B]c1c[nH]c2nc(N3c4cc(C)c(C5CCNCC5)cc4OC3C)nc(Nc3ccccc3SC(C)C)c12. The van der Waals surface area contributed by atoms with Gasteiger partial charge in [-0.25, -0.2) is 0 Å². The molecule has 4 heterocycles. The summed E-state index contributed by atoms with van der Waals surface area (Å²) in [7, 11) is 6.36. The van der Waals surface area contributed by atoms with Crippen molar-refractivity contribution in [3.8, 4) is 5.75 Å². The Morgan fingerprint density at radius 2 is 1.95 bits per heavy atom. The largest absolute Gasteiger partial charge is 0.468 e. The summed E-state index contributed by atoms with van der Waals surface area (Å²) >= 11 is 1.81. The lowest BCUT2D eigenvalue weighted by atomic mass is 9.87. The molecular formula is C29H33BN6OS. The second-order valence-corrected chi connectivity index (χ2v) is 12.0. The first-order chi connectivity index (χ1) is 18.4. The zero-order chi connectivity index (χ0) is 26.4. The number of aryl methyl sites for hydroxylation is 1. The highest BCUT2D eigenvalue weighted by molar-refractivity contribution is 8.00. The second kappa shape index (κ2) is 10.2. The second-order valence-electron chi connectivity index (χ2n) is 10.4. The number of aromatic amines is 1. The van der Waals surface area contributed by atoms with Gasteiger partial charge in [0.05, 0.1) is 16.8 Å². The predicted molar refractivity (Wildman–Crippen MR) is 158 cm³/mol. The number of nitrogens with one attached hydrogen (secondary N) is 3. The molecule has 1 unspecified atom stereocenters. The number of H-pyrrole nitrogens is 1. The summed E-state index contributed by atoms with van der Waals surface area (Å²) in [5.74, 6) is 2.68. The topological polar surface area (TPSA) is 78.1 Å². The van der Waals surface area contributed by atoms with Gasteiger partial charge in [-0.3, -0.25) is 4.90 Å². The van der Waals surface area contributed by atoms with Crippen molar-refractivity contribution in [3.05, 3.63) is 53.7 Å². The molecular weight excluding hydrogens is 491 g/mol. The molecule has 0 aliphatic carbocycles. The van der Waals surface area contributed by atoms with Crippen LogP contribution < -0.4 is 25.7 Å². The Labute approximate surface area is 229 Å². The highest BCUT2D eigenvalue weighted by Crippen LogP contribution is 2.45. The Balaban J connectivity index is 1.41. The average molecular weight is 525 g/mol. The zero-order valence-electron chi connectivity index (χ0n) is 22.3. The fourth-order valence-corrected chi connectivity index (χ4v) is 6.46. The van der Waals surface area contributed by atoms with E-state index < -0.39 is 0 Å². The number of hydrogen-bond acceptors (Lipinski definition) is 7. The van der Waals surface area contributed by atoms with Gasteiger partial charge < -0.3 is 20.4 Å². The van der Waals surface area contributed by atoms with Crippen LogP contribution in [-0.2, 0) is 0 Å². The number of nitrogens with zero attached hydrogens (tertiary/aromatic N) is 3. The number of aromatic nitrogens is 3. The minimum atomic E-state index is -0.242. The summed E-state index contributed by atoms with van der Waals surface area (Å²) in [5, 5.41) is 8.27. The van der Waals surface area contributed by atoms with Crippen LogP contribution in [-0.4, -0.2) is 47.4 Å². The number of anilines is 4. The van der Waals surface area contributed by atoms with Crippen LogP contribution in [0.15, 0.2) is 47.5 Å². The first-order valence-electron chi connectivity index (χ1n) is 13.4. The van der Waals surface area contributed by atoms with Crippen LogP contribution >= 0.6 is 11.8 Å². The Morgan fingerprint density at radius 1 is 1.16 bits per heavy atom. The van der Waals surface area contributed by atoms with Gasteiger partial charge in [0, 0.05) is 10.1 Å². The maximum atomic E-state index is 6.37. The molecule has 2 aliphatic heterocycles. The van der Waals surface area contributed by atoms with Crippen molar-refractivity contribution in [2.24, 2.45) is 0 Å². The van der Waals surface area contributed by atoms with E-state index >= 15 is 0 Å². The quantitative estimate of drug-likeness (QED) is 0.222. The van der Waals surface area contributed by atoms with Crippen LogP contribution in [0, 0.1) is 6.92 Å². The number of ether oxygens (including phenoxy) is 1. The monoisotopic (exact) mass is 524 g/mol. The molecule has 2 aromatic heterocycles. The number of benzene rings is 2. The maximum absolute atomic E-state index is 6.37. The molecule has 0 amide bonds. The first kappa shape index (κ1) is 25.1.